The summed E-state index contributed by atoms with van der Waals surface area (Å²) in [5.41, 5.74) is 0. The topological polar surface area (TPSA) is 30.5 Å². The molecule has 0 aliphatic rings. The average Bonchev–Trinajstić information content (AvgIpc) is 2.12. The Hall–Kier alpha value is 0.0969. The molecule has 0 rings (SSSR count). The molecule has 0 amide bonds. The van der Waals surface area contributed by atoms with Crippen molar-refractivity contribution < 1.29 is 8.85 Å². The van der Waals surface area contributed by atoms with E-state index in [0.29, 0.717) is 6.04 Å². The van der Waals surface area contributed by atoms with Crippen LogP contribution in [-0.2, 0) is 8.85 Å². The van der Waals surface area contributed by atoms with E-state index >= 15 is 0 Å². The van der Waals surface area contributed by atoms with E-state index in [4.69, 9.17) is 8.85 Å². The number of rotatable bonds is 7. The largest absolute Gasteiger partial charge is 0.424 e. The van der Waals surface area contributed by atoms with Crippen molar-refractivity contribution in [3.05, 3.63) is 0 Å². The molecule has 0 aliphatic heterocycles. The van der Waals surface area contributed by atoms with Crippen molar-refractivity contribution in [1.29, 1.82) is 0 Å². The van der Waals surface area contributed by atoms with E-state index in [-0.39, 0.29) is 0 Å². The number of hydrogen-bond acceptors (Lipinski definition) is 3. The van der Waals surface area contributed by atoms with Gasteiger partial charge < -0.3 is 8.85 Å². The van der Waals surface area contributed by atoms with Crippen LogP contribution in [0.3, 0.4) is 0 Å². The van der Waals surface area contributed by atoms with Gasteiger partial charge in [-0.2, -0.15) is 0 Å². The monoisotopic (exact) mass is 205 g/mol. The van der Waals surface area contributed by atoms with E-state index in [9.17, 15) is 0 Å². The molecule has 0 saturated carbocycles. The summed E-state index contributed by atoms with van der Waals surface area (Å²) in [4.78, 5) is 3.42. The Morgan fingerprint density at radius 2 is 1.77 bits per heavy atom. The van der Waals surface area contributed by atoms with Crippen molar-refractivity contribution in [2.24, 2.45) is 0 Å². The quantitative estimate of drug-likeness (QED) is 0.645. The van der Waals surface area contributed by atoms with Crippen LogP contribution in [0.15, 0.2) is 0 Å². The van der Waals surface area contributed by atoms with Gasteiger partial charge in [-0.25, -0.2) is 0 Å². The fourth-order valence-electron chi connectivity index (χ4n) is 1.33. The lowest BCUT2D eigenvalue weighted by Gasteiger charge is -2.29. The second kappa shape index (κ2) is 6.54. The van der Waals surface area contributed by atoms with Gasteiger partial charge in [0.1, 0.15) is 0 Å². The zero-order valence-electron chi connectivity index (χ0n) is 9.52. The lowest BCUT2D eigenvalue weighted by atomic mass is 10.4. The molecular formula is C9H23NO2Si. The van der Waals surface area contributed by atoms with Gasteiger partial charge in [0.15, 0.2) is 0 Å². The molecule has 0 heterocycles. The normalized spacial score (nSPS) is 12.5. The van der Waals surface area contributed by atoms with Crippen LogP contribution in [0.4, 0.5) is 0 Å². The van der Waals surface area contributed by atoms with Crippen LogP contribution in [0.2, 0.25) is 6.04 Å². The Bertz CT molecular complexity index is 127. The molecular weight excluding hydrogens is 182 g/mol. The third kappa shape index (κ3) is 4.76. The molecule has 0 bridgehead atoms. The van der Waals surface area contributed by atoms with Gasteiger partial charge in [-0.05, 0) is 6.04 Å². The van der Waals surface area contributed by atoms with E-state index in [2.05, 4.69) is 25.8 Å². The van der Waals surface area contributed by atoms with Gasteiger partial charge in [0, 0.05) is 20.3 Å². The molecule has 0 aliphatic carbocycles. The van der Waals surface area contributed by atoms with Crippen molar-refractivity contribution >= 4 is 8.72 Å². The SMILES string of the molecule is CCCC[Si](NC(C)C)(OC)OC. The maximum atomic E-state index is 5.51. The first kappa shape index (κ1) is 13.1. The van der Waals surface area contributed by atoms with E-state index in [1.807, 2.05) is 0 Å². The lowest BCUT2D eigenvalue weighted by molar-refractivity contribution is 0.222. The molecule has 0 saturated heterocycles. The van der Waals surface area contributed by atoms with Crippen LogP contribution in [0.5, 0.6) is 0 Å². The van der Waals surface area contributed by atoms with Crippen LogP contribution in [0, 0.1) is 0 Å². The molecule has 0 unspecified atom stereocenters. The fourth-order valence-corrected chi connectivity index (χ4v) is 3.98. The van der Waals surface area contributed by atoms with Gasteiger partial charge in [0.25, 0.3) is 0 Å². The highest BCUT2D eigenvalue weighted by molar-refractivity contribution is 6.64. The minimum atomic E-state index is -2.08. The first-order chi connectivity index (χ1) is 6.10. The second-order valence-electron chi connectivity index (χ2n) is 3.56. The van der Waals surface area contributed by atoms with Crippen LogP contribution in [0.1, 0.15) is 33.6 Å². The highest BCUT2D eigenvalue weighted by Crippen LogP contribution is 2.13. The van der Waals surface area contributed by atoms with Gasteiger partial charge in [-0.1, -0.05) is 33.6 Å². The summed E-state index contributed by atoms with van der Waals surface area (Å²) >= 11 is 0. The van der Waals surface area contributed by atoms with Crippen LogP contribution < -0.4 is 4.98 Å². The van der Waals surface area contributed by atoms with Crippen molar-refractivity contribution in [2.75, 3.05) is 14.2 Å². The predicted molar refractivity (Wildman–Crippen MR) is 57.8 cm³/mol. The highest BCUT2D eigenvalue weighted by atomic mass is 28.4. The molecule has 13 heavy (non-hydrogen) atoms. The minimum Gasteiger partial charge on any atom is -0.386 e. The van der Waals surface area contributed by atoms with Crippen LogP contribution in [-0.4, -0.2) is 29.0 Å². The molecule has 0 aromatic heterocycles. The molecule has 0 radical (unpaired) electrons. The predicted octanol–water partition coefficient (Wildman–Crippen LogP) is 2.02. The van der Waals surface area contributed by atoms with Gasteiger partial charge in [0.2, 0.25) is 0 Å². The van der Waals surface area contributed by atoms with Crippen LogP contribution >= 0.6 is 0 Å². The van der Waals surface area contributed by atoms with Crippen molar-refractivity contribution in [1.82, 2.24) is 4.98 Å². The van der Waals surface area contributed by atoms with Gasteiger partial charge in [-0.3, -0.25) is 4.98 Å². The minimum absolute atomic E-state index is 0.420. The third-order valence-corrected chi connectivity index (χ3v) is 5.38. The van der Waals surface area contributed by atoms with E-state index in [1.165, 1.54) is 6.42 Å². The van der Waals surface area contributed by atoms with Crippen molar-refractivity contribution in [3.63, 3.8) is 0 Å². The maximum absolute atomic E-state index is 5.51. The summed E-state index contributed by atoms with van der Waals surface area (Å²) in [5, 5.41) is 0. The number of unbranched alkanes of at least 4 members (excludes halogenated alkanes) is 1. The highest BCUT2D eigenvalue weighted by Gasteiger charge is 2.35. The Morgan fingerprint density at radius 3 is 2.08 bits per heavy atom. The second-order valence-corrected chi connectivity index (χ2v) is 6.67. The van der Waals surface area contributed by atoms with Crippen LogP contribution in [0.25, 0.3) is 0 Å². The molecule has 1 N–H and O–H groups in total. The molecule has 0 atom stereocenters. The smallest absolute Gasteiger partial charge is 0.386 e. The summed E-state index contributed by atoms with van der Waals surface area (Å²) in [5.74, 6) is 0. The molecule has 0 aromatic carbocycles. The Morgan fingerprint density at radius 1 is 1.23 bits per heavy atom. The third-order valence-electron chi connectivity index (χ3n) is 2.03. The molecule has 0 spiro atoms. The summed E-state index contributed by atoms with van der Waals surface area (Å²) in [6, 6.07) is 1.44. The number of nitrogens with one attached hydrogen (secondary N) is 1. The Labute approximate surface area is 83.1 Å². The lowest BCUT2D eigenvalue weighted by Crippen LogP contribution is -2.57. The molecule has 3 nitrogen and oxygen atoms in total. The average molecular weight is 205 g/mol. The van der Waals surface area contributed by atoms with Crippen molar-refractivity contribution in [3.8, 4) is 0 Å². The molecule has 0 aromatic rings. The zero-order valence-corrected chi connectivity index (χ0v) is 10.5. The van der Waals surface area contributed by atoms with Gasteiger partial charge in [0.05, 0.1) is 0 Å². The maximum Gasteiger partial charge on any atom is 0.424 e. The van der Waals surface area contributed by atoms with E-state index in [0.717, 1.165) is 12.5 Å². The first-order valence-corrected chi connectivity index (χ1v) is 7.00. The fraction of sp³-hybridized carbons (Fsp3) is 1.00. The molecule has 80 valence electrons. The summed E-state index contributed by atoms with van der Waals surface area (Å²) in [6.45, 7) is 6.41. The molecule has 0 fully saturated rings. The summed E-state index contributed by atoms with van der Waals surface area (Å²) < 4.78 is 11.0. The van der Waals surface area contributed by atoms with E-state index < -0.39 is 8.72 Å². The zero-order chi connectivity index (χ0) is 10.3. The van der Waals surface area contributed by atoms with E-state index in [1.54, 1.807) is 14.2 Å². The van der Waals surface area contributed by atoms with Crippen molar-refractivity contribution in [2.45, 2.75) is 45.7 Å². The number of hydrogen-bond donors (Lipinski definition) is 1. The van der Waals surface area contributed by atoms with Gasteiger partial charge in [-0.15, -0.1) is 0 Å². The Kier molecular flexibility index (Phi) is 6.58. The Balaban J connectivity index is 4.13. The first-order valence-electron chi connectivity index (χ1n) is 4.98. The van der Waals surface area contributed by atoms with Gasteiger partial charge >= 0.3 is 8.72 Å². The molecule has 4 heteroatoms. The summed E-state index contributed by atoms with van der Waals surface area (Å²) in [6.07, 6.45) is 2.34. The standard InChI is InChI=1S/C9H23NO2Si/c1-6-7-8-13(11-4,12-5)10-9(2)3/h9-10H,6-8H2,1-5H3. The summed E-state index contributed by atoms with van der Waals surface area (Å²) in [7, 11) is 1.40.